The smallest absolute Gasteiger partial charge is 0.142 e. The number of methoxy groups -OCH3 is 1. The van der Waals surface area contributed by atoms with E-state index in [0.717, 1.165) is 46.7 Å². The molecule has 0 atom stereocenters. The molecule has 1 aliphatic heterocycles. The fourth-order valence-corrected chi connectivity index (χ4v) is 3.49. The zero-order chi connectivity index (χ0) is 18.8. The molecular formula is C19H19N7O. The summed E-state index contributed by atoms with van der Waals surface area (Å²) < 4.78 is 7.23. The van der Waals surface area contributed by atoms with Crippen LogP contribution in [-0.2, 0) is 19.5 Å². The highest BCUT2D eigenvalue weighted by atomic mass is 16.5. The van der Waals surface area contributed by atoms with Gasteiger partial charge in [-0.15, -0.1) is 0 Å². The molecule has 4 rings (SSSR count). The van der Waals surface area contributed by atoms with Crippen molar-refractivity contribution in [2.24, 2.45) is 0 Å². The number of fused-ring (bicyclic) bond motifs is 1. The highest BCUT2D eigenvalue weighted by molar-refractivity contribution is 5.80. The number of aromatic nitrogens is 4. The predicted molar refractivity (Wildman–Crippen MR) is 99.9 cm³/mol. The summed E-state index contributed by atoms with van der Waals surface area (Å²) in [4.78, 5) is 8.44. The zero-order valence-electron chi connectivity index (χ0n) is 14.9. The fraction of sp³-hybridized carbons (Fsp3) is 0.263. The van der Waals surface area contributed by atoms with Gasteiger partial charge in [0.1, 0.15) is 35.9 Å². The Morgan fingerprint density at radius 1 is 1.41 bits per heavy atom. The first kappa shape index (κ1) is 17.0. The van der Waals surface area contributed by atoms with E-state index in [1.54, 1.807) is 18.1 Å². The predicted octanol–water partition coefficient (Wildman–Crippen LogP) is 1.50. The summed E-state index contributed by atoms with van der Waals surface area (Å²) >= 11 is 0. The highest BCUT2D eigenvalue weighted by Crippen LogP contribution is 2.35. The van der Waals surface area contributed by atoms with Crippen molar-refractivity contribution in [3.8, 4) is 22.9 Å². The Labute approximate surface area is 156 Å². The lowest BCUT2D eigenvalue weighted by Crippen LogP contribution is -2.26. The number of nitrogen functional groups attached to an aromatic ring is 1. The molecule has 8 nitrogen and oxygen atoms in total. The lowest BCUT2D eigenvalue weighted by atomic mass is 9.90. The maximum atomic E-state index is 9.70. The quantitative estimate of drug-likeness (QED) is 0.723. The van der Waals surface area contributed by atoms with Crippen LogP contribution in [0.4, 0.5) is 5.82 Å². The Morgan fingerprint density at radius 3 is 3.04 bits per heavy atom. The monoisotopic (exact) mass is 361 g/mol. The van der Waals surface area contributed by atoms with Gasteiger partial charge in [0.15, 0.2) is 0 Å². The van der Waals surface area contributed by atoms with Crippen LogP contribution in [0.2, 0.25) is 0 Å². The topological polar surface area (TPSA) is 115 Å². The minimum Gasteiger partial charge on any atom is -0.496 e. The molecule has 0 saturated carbocycles. The second-order valence-electron chi connectivity index (χ2n) is 6.33. The van der Waals surface area contributed by atoms with Crippen LogP contribution in [0.1, 0.15) is 22.4 Å². The van der Waals surface area contributed by atoms with E-state index in [1.807, 2.05) is 18.2 Å². The summed E-state index contributed by atoms with van der Waals surface area (Å²) in [7, 11) is 1.64. The van der Waals surface area contributed by atoms with Gasteiger partial charge in [-0.05, 0) is 23.3 Å². The first-order valence-corrected chi connectivity index (χ1v) is 8.63. The van der Waals surface area contributed by atoms with Crippen LogP contribution in [-0.4, -0.2) is 33.4 Å². The SMILES string of the molecule is COc1ccc(-c2c(C#N)c(N)nc3c2CNCC3)cc1Cn1cncn1. The Balaban J connectivity index is 1.89. The van der Waals surface area contributed by atoms with E-state index < -0.39 is 0 Å². The second kappa shape index (κ2) is 7.05. The molecule has 0 fully saturated rings. The lowest BCUT2D eigenvalue weighted by molar-refractivity contribution is 0.407. The van der Waals surface area contributed by atoms with Crippen LogP contribution in [0.3, 0.4) is 0 Å². The van der Waals surface area contributed by atoms with E-state index in [9.17, 15) is 5.26 Å². The first-order chi connectivity index (χ1) is 13.2. The summed E-state index contributed by atoms with van der Waals surface area (Å²) in [5.41, 5.74) is 11.2. The van der Waals surface area contributed by atoms with Gasteiger partial charge in [-0.2, -0.15) is 10.4 Å². The minimum absolute atomic E-state index is 0.279. The molecule has 1 aromatic carbocycles. The largest absolute Gasteiger partial charge is 0.496 e. The molecule has 136 valence electrons. The van der Waals surface area contributed by atoms with E-state index in [-0.39, 0.29) is 5.82 Å². The van der Waals surface area contributed by atoms with Crippen molar-refractivity contribution < 1.29 is 4.74 Å². The van der Waals surface area contributed by atoms with Crippen LogP contribution in [0.25, 0.3) is 11.1 Å². The van der Waals surface area contributed by atoms with E-state index >= 15 is 0 Å². The molecule has 8 heteroatoms. The van der Waals surface area contributed by atoms with Gasteiger partial charge in [0.25, 0.3) is 0 Å². The van der Waals surface area contributed by atoms with E-state index in [0.29, 0.717) is 18.7 Å². The molecule has 0 radical (unpaired) electrons. The van der Waals surface area contributed by atoms with Crippen molar-refractivity contribution in [3.05, 3.63) is 53.2 Å². The summed E-state index contributed by atoms with van der Waals surface area (Å²) in [6.07, 6.45) is 3.94. The van der Waals surface area contributed by atoms with Crippen LogP contribution in [0.15, 0.2) is 30.9 Å². The van der Waals surface area contributed by atoms with Gasteiger partial charge in [0.2, 0.25) is 0 Å². The first-order valence-electron chi connectivity index (χ1n) is 8.63. The Kier molecular flexibility index (Phi) is 4.44. The number of benzene rings is 1. The zero-order valence-corrected chi connectivity index (χ0v) is 14.9. The van der Waals surface area contributed by atoms with Crippen LogP contribution >= 0.6 is 0 Å². The van der Waals surface area contributed by atoms with Crippen LogP contribution in [0.5, 0.6) is 5.75 Å². The number of ether oxygens (including phenoxy) is 1. The van der Waals surface area contributed by atoms with Crippen LogP contribution in [0, 0.1) is 11.3 Å². The van der Waals surface area contributed by atoms with Crippen molar-refractivity contribution >= 4 is 5.82 Å². The highest BCUT2D eigenvalue weighted by Gasteiger charge is 2.22. The summed E-state index contributed by atoms with van der Waals surface area (Å²) in [5.74, 6) is 1.03. The van der Waals surface area contributed by atoms with Crippen molar-refractivity contribution in [3.63, 3.8) is 0 Å². The number of rotatable bonds is 4. The average molecular weight is 361 g/mol. The molecule has 0 aliphatic carbocycles. The molecule has 2 aromatic heterocycles. The van der Waals surface area contributed by atoms with Gasteiger partial charge < -0.3 is 15.8 Å². The molecular weight excluding hydrogens is 342 g/mol. The number of nitrogens with one attached hydrogen (secondary N) is 1. The number of nitriles is 1. The third kappa shape index (κ3) is 3.09. The van der Waals surface area contributed by atoms with E-state index in [4.69, 9.17) is 10.5 Å². The number of hydrogen-bond acceptors (Lipinski definition) is 7. The van der Waals surface area contributed by atoms with Gasteiger partial charge >= 0.3 is 0 Å². The molecule has 3 heterocycles. The van der Waals surface area contributed by atoms with Gasteiger partial charge in [0.05, 0.1) is 13.7 Å². The van der Waals surface area contributed by atoms with Crippen molar-refractivity contribution in [1.29, 1.82) is 5.26 Å². The van der Waals surface area contributed by atoms with Crippen molar-refractivity contribution in [1.82, 2.24) is 25.1 Å². The number of pyridine rings is 1. The third-order valence-corrected chi connectivity index (χ3v) is 4.73. The van der Waals surface area contributed by atoms with Gasteiger partial charge in [0, 0.05) is 36.3 Å². The third-order valence-electron chi connectivity index (χ3n) is 4.73. The summed E-state index contributed by atoms with van der Waals surface area (Å²) in [6.45, 7) is 2.03. The second-order valence-corrected chi connectivity index (χ2v) is 6.33. The molecule has 1 aliphatic rings. The molecule has 0 spiro atoms. The number of nitrogens with zero attached hydrogens (tertiary/aromatic N) is 5. The average Bonchev–Trinajstić information content (AvgIpc) is 3.20. The molecule has 0 unspecified atom stereocenters. The van der Waals surface area contributed by atoms with Gasteiger partial charge in [-0.1, -0.05) is 6.07 Å². The summed E-state index contributed by atoms with van der Waals surface area (Å²) in [6, 6.07) is 8.11. The van der Waals surface area contributed by atoms with Gasteiger partial charge in [-0.25, -0.2) is 14.6 Å². The van der Waals surface area contributed by atoms with E-state index in [2.05, 4.69) is 26.5 Å². The summed E-state index contributed by atoms with van der Waals surface area (Å²) in [5, 5.41) is 17.2. The molecule has 3 aromatic rings. The molecule has 0 saturated heterocycles. The molecule has 27 heavy (non-hydrogen) atoms. The lowest BCUT2D eigenvalue weighted by Gasteiger charge is -2.22. The molecule has 3 N–H and O–H groups in total. The standard InChI is InChI=1S/C19H19N7O/c1-27-17-3-2-12(6-13(17)9-26-11-23-10-24-26)18-14(7-20)19(21)25-16-4-5-22-8-15(16)18/h2-3,6,10-11,22H,4-5,8-9H2,1H3,(H2,21,25). The number of anilines is 1. The Hall–Kier alpha value is -3.44. The minimum atomic E-state index is 0.279. The Morgan fingerprint density at radius 2 is 2.30 bits per heavy atom. The van der Waals surface area contributed by atoms with Crippen molar-refractivity contribution in [2.75, 3.05) is 19.4 Å². The number of hydrogen-bond donors (Lipinski definition) is 2. The van der Waals surface area contributed by atoms with E-state index in [1.165, 1.54) is 6.33 Å². The maximum absolute atomic E-state index is 9.70. The number of nitrogens with two attached hydrogens (primary N) is 1. The fourth-order valence-electron chi connectivity index (χ4n) is 3.49. The van der Waals surface area contributed by atoms with Crippen molar-refractivity contribution in [2.45, 2.75) is 19.5 Å². The Bertz CT molecular complexity index is 1020. The molecule has 0 bridgehead atoms. The maximum Gasteiger partial charge on any atom is 0.142 e. The van der Waals surface area contributed by atoms with Crippen LogP contribution < -0.4 is 15.8 Å². The van der Waals surface area contributed by atoms with Gasteiger partial charge in [-0.3, -0.25) is 0 Å². The normalized spacial score (nSPS) is 13.0. The molecule has 0 amide bonds.